The number of hydrazone groups is 1. The van der Waals surface area contributed by atoms with Gasteiger partial charge in [-0.05, 0) is 38.5 Å². The first kappa shape index (κ1) is 19.2. The number of hydrogen-bond acceptors (Lipinski definition) is 5. The summed E-state index contributed by atoms with van der Waals surface area (Å²) >= 11 is 1.30. The van der Waals surface area contributed by atoms with Crippen molar-refractivity contribution in [3.05, 3.63) is 10.1 Å². The Hall–Kier alpha value is -0.860. The fraction of sp³-hybridized carbons (Fsp3) is 0.929. The Morgan fingerprint density at radius 1 is 1.50 bits per heavy atom. The normalized spacial score (nSPS) is 23.8. The fourth-order valence-corrected chi connectivity index (χ4v) is 3.56. The molecule has 3 atom stereocenters. The lowest BCUT2D eigenvalue weighted by atomic mass is 10.0. The molecule has 0 N–H and O–H groups in total. The maximum atomic E-state index is 10.5. The minimum absolute atomic E-state index is 0.379. The predicted octanol–water partition coefficient (Wildman–Crippen LogP) is 1.82. The molecule has 0 amide bonds. The summed E-state index contributed by atoms with van der Waals surface area (Å²) < 4.78 is 5.60. The van der Waals surface area contributed by atoms with Crippen molar-refractivity contribution in [1.82, 2.24) is 9.80 Å². The summed E-state index contributed by atoms with van der Waals surface area (Å²) in [4.78, 5) is 14.7. The average Bonchev–Trinajstić information content (AvgIpc) is 2.80. The Morgan fingerprint density at radius 2 is 2.18 bits per heavy atom. The van der Waals surface area contributed by atoms with Gasteiger partial charge in [-0.2, -0.15) is 0 Å². The smallest absolute Gasteiger partial charge is 0.237 e. The summed E-state index contributed by atoms with van der Waals surface area (Å²) in [5.41, 5.74) is 0. The number of hydrogen-bond donors (Lipinski definition) is 0. The van der Waals surface area contributed by atoms with Crippen LogP contribution in [0, 0.1) is 22.0 Å². The van der Waals surface area contributed by atoms with Crippen molar-refractivity contribution in [3.63, 3.8) is 0 Å². The van der Waals surface area contributed by atoms with Crippen LogP contribution in [-0.2, 0) is 4.74 Å². The topological polar surface area (TPSA) is 71.2 Å². The van der Waals surface area contributed by atoms with Gasteiger partial charge in [-0.3, -0.25) is 0 Å². The standard InChI is InChI=1S/C14H28N4O3S/c1-11(8-17(4)14(22-5)15-18(19)20)7-16(3)9-13-6-12(2)21-10-13/h11-13H,6-10H2,1-5H3. The summed E-state index contributed by atoms with van der Waals surface area (Å²) in [5, 5.41) is 13.7. The maximum absolute atomic E-state index is 10.5. The van der Waals surface area contributed by atoms with E-state index in [4.69, 9.17) is 4.74 Å². The zero-order valence-corrected chi connectivity index (χ0v) is 15.0. The van der Waals surface area contributed by atoms with Crippen LogP contribution in [0.2, 0.25) is 0 Å². The van der Waals surface area contributed by atoms with Gasteiger partial charge in [0.1, 0.15) is 0 Å². The monoisotopic (exact) mass is 332 g/mol. The molecule has 0 aromatic carbocycles. The second-order valence-corrected chi connectivity index (χ2v) is 7.05. The van der Waals surface area contributed by atoms with Crippen molar-refractivity contribution < 1.29 is 9.77 Å². The molecular formula is C14H28N4O3S. The van der Waals surface area contributed by atoms with Gasteiger partial charge in [0.25, 0.3) is 0 Å². The van der Waals surface area contributed by atoms with Gasteiger partial charge in [0, 0.05) is 26.7 Å². The van der Waals surface area contributed by atoms with Gasteiger partial charge in [-0.25, -0.2) is 10.1 Å². The van der Waals surface area contributed by atoms with E-state index < -0.39 is 5.03 Å². The molecule has 3 unspecified atom stereocenters. The van der Waals surface area contributed by atoms with Crippen LogP contribution >= 0.6 is 11.8 Å². The Kier molecular flexibility index (Phi) is 8.13. The second-order valence-electron chi connectivity index (χ2n) is 6.28. The van der Waals surface area contributed by atoms with E-state index in [1.807, 2.05) is 11.9 Å². The molecule has 22 heavy (non-hydrogen) atoms. The van der Waals surface area contributed by atoms with Crippen LogP contribution in [0.4, 0.5) is 0 Å². The molecule has 0 spiro atoms. The molecule has 128 valence electrons. The van der Waals surface area contributed by atoms with E-state index in [0.717, 1.165) is 32.7 Å². The molecule has 1 aliphatic heterocycles. The van der Waals surface area contributed by atoms with Gasteiger partial charge >= 0.3 is 0 Å². The number of nitrogens with zero attached hydrogens (tertiary/aromatic N) is 4. The van der Waals surface area contributed by atoms with Crippen LogP contribution < -0.4 is 0 Å². The molecule has 1 saturated heterocycles. The second kappa shape index (κ2) is 9.32. The average molecular weight is 332 g/mol. The Bertz CT molecular complexity index is 394. The van der Waals surface area contributed by atoms with Crippen molar-refractivity contribution in [1.29, 1.82) is 0 Å². The van der Waals surface area contributed by atoms with E-state index in [9.17, 15) is 10.1 Å². The van der Waals surface area contributed by atoms with Crippen LogP contribution in [0.1, 0.15) is 20.3 Å². The summed E-state index contributed by atoms with van der Waals surface area (Å²) in [7, 11) is 3.97. The summed E-state index contributed by atoms with van der Waals surface area (Å²) in [6, 6.07) is 0. The fourth-order valence-electron chi connectivity index (χ4n) is 3.03. The van der Waals surface area contributed by atoms with Crippen LogP contribution in [0.25, 0.3) is 0 Å². The van der Waals surface area contributed by atoms with Gasteiger partial charge in [0.05, 0.1) is 17.8 Å². The highest BCUT2D eigenvalue weighted by Crippen LogP contribution is 2.20. The SMILES string of the molecule is CSC(=N[N+](=O)[O-])N(C)CC(C)CN(C)CC1COC(C)C1. The van der Waals surface area contributed by atoms with Crippen molar-refractivity contribution in [3.8, 4) is 0 Å². The third-order valence-electron chi connectivity index (χ3n) is 3.74. The molecule has 1 aliphatic rings. The molecule has 0 aliphatic carbocycles. The maximum Gasteiger partial charge on any atom is 0.237 e. The highest BCUT2D eigenvalue weighted by Gasteiger charge is 2.23. The van der Waals surface area contributed by atoms with Gasteiger partial charge in [-0.15, -0.1) is 0 Å². The lowest BCUT2D eigenvalue weighted by molar-refractivity contribution is -0.485. The predicted molar refractivity (Wildman–Crippen MR) is 90.8 cm³/mol. The Morgan fingerprint density at radius 3 is 2.68 bits per heavy atom. The minimum atomic E-state index is -0.639. The summed E-state index contributed by atoms with van der Waals surface area (Å²) in [5.74, 6) is 1.02. The van der Waals surface area contributed by atoms with Gasteiger partial charge in [-0.1, -0.05) is 18.7 Å². The molecule has 1 fully saturated rings. The molecular weight excluding hydrogens is 304 g/mol. The Labute approximate surface area is 137 Å². The van der Waals surface area contributed by atoms with Crippen molar-refractivity contribution >= 4 is 16.9 Å². The van der Waals surface area contributed by atoms with E-state index in [-0.39, 0.29) is 0 Å². The van der Waals surface area contributed by atoms with Crippen molar-refractivity contribution in [2.75, 3.05) is 46.6 Å². The zero-order chi connectivity index (χ0) is 16.7. The van der Waals surface area contributed by atoms with E-state index in [1.54, 1.807) is 6.26 Å². The molecule has 0 bridgehead atoms. The molecule has 8 heteroatoms. The molecule has 0 radical (unpaired) electrons. The third-order valence-corrected chi connectivity index (χ3v) is 4.50. The van der Waals surface area contributed by atoms with Gasteiger partial charge in [0.2, 0.25) is 5.17 Å². The molecule has 0 aromatic heterocycles. The molecule has 0 saturated carbocycles. The summed E-state index contributed by atoms with van der Waals surface area (Å²) in [6.45, 7) is 7.87. The lowest BCUT2D eigenvalue weighted by Gasteiger charge is -2.27. The van der Waals surface area contributed by atoms with Gasteiger partial charge < -0.3 is 14.5 Å². The molecule has 1 rings (SSSR count). The number of amidine groups is 1. The first-order valence-electron chi connectivity index (χ1n) is 7.60. The van der Waals surface area contributed by atoms with Crippen LogP contribution in [-0.4, -0.2) is 72.7 Å². The van der Waals surface area contributed by atoms with Crippen molar-refractivity contribution in [2.24, 2.45) is 16.9 Å². The third kappa shape index (κ3) is 6.93. The first-order valence-corrected chi connectivity index (χ1v) is 8.82. The van der Waals surface area contributed by atoms with E-state index in [2.05, 4.69) is 30.9 Å². The quantitative estimate of drug-likeness (QED) is 0.306. The van der Waals surface area contributed by atoms with Crippen molar-refractivity contribution in [2.45, 2.75) is 26.4 Å². The van der Waals surface area contributed by atoms with Crippen LogP contribution in [0.15, 0.2) is 5.10 Å². The largest absolute Gasteiger partial charge is 0.378 e. The zero-order valence-electron chi connectivity index (χ0n) is 14.2. The Balaban J connectivity index is 2.37. The molecule has 0 aromatic rings. The minimum Gasteiger partial charge on any atom is -0.378 e. The number of ether oxygens (including phenoxy) is 1. The number of nitro groups is 1. The van der Waals surface area contributed by atoms with Crippen LogP contribution in [0.5, 0.6) is 0 Å². The lowest BCUT2D eigenvalue weighted by Crippen LogP contribution is -2.36. The molecule has 7 nitrogen and oxygen atoms in total. The van der Waals surface area contributed by atoms with E-state index in [1.165, 1.54) is 11.8 Å². The van der Waals surface area contributed by atoms with E-state index >= 15 is 0 Å². The van der Waals surface area contributed by atoms with Crippen LogP contribution in [0.3, 0.4) is 0 Å². The van der Waals surface area contributed by atoms with E-state index in [0.29, 0.717) is 23.1 Å². The van der Waals surface area contributed by atoms with Gasteiger partial charge in [0.15, 0.2) is 5.03 Å². The highest BCUT2D eigenvalue weighted by atomic mass is 32.2. The molecule has 1 heterocycles. The number of thioether (sulfide) groups is 1. The number of rotatable bonds is 7. The highest BCUT2D eigenvalue weighted by molar-refractivity contribution is 8.13. The summed E-state index contributed by atoms with van der Waals surface area (Å²) in [6.07, 6.45) is 3.31. The first-order chi connectivity index (χ1) is 10.3.